The number of nitrogens with one attached hydrogen (secondary N) is 1. The summed E-state index contributed by atoms with van der Waals surface area (Å²) in [5, 5.41) is 3.11. The van der Waals surface area contributed by atoms with Gasteiger partial charge in [-0.1, -0.05) is 31.5 Å². The number of aromatic nitrogens is 3. The number of rotatable bonds is 4. The van der Waals surface area contributed by atoms with Crippen molar-refractivity contribution < 1.29 is 4.79 Å². The van der Waals surface area contributed by atoms with E-state index in [-0.39, 0.29) is 28.6 Å². The first-order valence-corrected chi connectivity index (χ1v) is 7.10. The van der Waals surface area contributed by atoms with Gasteiger partial charge in [-0.2, -0.15) is 0 Å². The molecule has 0 bridgehead atoms. The second kappa shape index (κ2) is 6.63. The maximum atomic E-state index is 12.3. The zero-order valence-electron chi connectivity index (χ0n) is 12.2. The Kier molecular flexibility index (Phi) is 4.85. The molecule has 1 unspecified atom stereocenters. The predicted octanol–water partition coefficient (Wildman–Crippen LogP) is 3.14. The minimum absolute atomic E-state index is 0.129. The van der Waals surface area contributed by atoms with E-state index in [1.54, 1.807) is 12.4 Å². The molecule has 0 radical (unpaired) electrons. The van der Waals surface area contributed by atoms with E-state index in [1.165, 1.54) is 6.20 Å². The van der Waals surface area contributed by atoms with Crippen LogP contribution in [-0.4, -0.2) is 20.9 Å². The Balaban J connectivity index is 2.19. The van der Waals surface area contributed by atoms with Crippen LogP contribution in [0.4, 0.5) is 0 Å². The molecule has 0 fully saturated rings. The lowest BCUT2D eigenvalue weighted by Gasteiger charge is -2.14. The van der Waals surface area contributed by atoms with Crippen LogP contribution in [0.25, 0.3) is 0 Å². The van der Waals surface area contributed by atoms with Crippen LogP contribution < -0.4 is 5.32 Å². The molecule has 0 aliphatic rings. The number of nitrogens with zero attached hydrogens (tertiary/aromatic N) is 3. The van der Waals surface area contributed by atoms with Gasteiger partial charge in [0, 0.05) is 18.3 Å². The molecule has 6 heteroatoms. The van der Waals surface area contributed by atoms with Crippen LogP contribution in [0.5, 0.6) is 0 Å². The normalized spacial score (nSPS) is 12.2. The first-order chi connectivity index (χ1) is 9.99. The monoisotopic (exact) mass is 304 g/mol. The number of hydrogen-bond donors (Lipinski definition) is 1. The molecule has 2 aromatic rings. The highest BCUT2D eigenvalue weighted by Gasteiger charge is 2.18. The minimum atomic E-state index is -0.319. The predicted molar refractivity (Wildman–Crippen MR) is 81.2 cm³/mol. The van der Waals surface area contributed by atoms with Crippen molar-refractivity contribution in [3.63, 3.8) is 0 Å². The molecule has 5 nitrogen and oxygen atoms in total. The van der Waals surface area contributed by atoms with Gasteiger partial charge in [-0.15, -0.1) is 0 Å². The Morgan fingerprint density at radius 2 is 2.05 bits per heavy atom. The number of pyridine rings is 1. The molecule has 1 amide bonds. The zero-order valence-corrected chi connectivity index (χ0v) is 12.9. The molecule has 0 aliphatic heterocycles. The van der Waals surface area contributed by atoms with Crippen molar-refractivity contribution in [3.05, 3.63) is 52.8 Å². The Bertz CT molecular complexity index is 631. The van der Waals surface area contributed by atoms with Gasteiger partial charge in [0.25, 0.3) is 5.91 Å². The summed E-state index contributed by atoms with van der Waals surface area (Å²) in [6.07, 6.45) is 4.87. The third kappa shape index (κ3) is 3.76. The summed E-state index contributed by atoms with van der Waals surface area (Å²) >= 11 is 6.03. The van der Waals surface area contributed by atoms with Crippen molar-refractivity contribution in [1.29, 1.82) is 0 Å². The van der Waals surface area contributed by atoms with Gasteiger partial charge in [0.1, 0.15) is 11.5 Å². The fraction of sp³-hybridized carbons (Fsp3) is 0.333. The average Bonchev–Trinajstić information content (AvgIpc) is 2.48. The van der Waals surface area contributed by atoms with Gasteiger partial charge in [-0.05, 0) is 18.6 Å². The summed E-state index contributed by atoms with van der Waals surface area (Å²) in [4.78, 5) is 24.7. The number of carbonyl (C=O) groups excluding carboxylic acids is 1. The highest BCUT2D eigenvalue weighted by Crippen LogP contribution is 2.18. The lowest BCUT2D eigenvalue weighted by molar-refractivity contribution is 0.0934. The quantitative estimate of drug-likeness (QED) is 0.942. The van der Waals surface area contributed by atoms with E-state index in [0.717, 1.165) is 5.56 Å². The second-order valence-corrected chi connectivity index (χ2v) is 5.47. The lowest BCUT2D eigenvalue weighted by Crippen LogP contribution is -2.28. The third-order valence-electron chi connectivity index (χ3n) is 3.03. The lowest BCUT2D eigenvalue weighted by atomic mass is 10.1. The van der Waals surface area contributed by atoms with Gasteiger partial charge >= 0.3 is 0 Å². The Hall–Kier alpha value is -2.01. The van der Waals surface area contributed by atoms with E-state index in [0.29, 0.717) is 5.82 Å². The summed E-state index contributed by atoms with van der Waals surface area (Å²) in [6.45, 7) is 5.81. The summed E-state index contributed by atoms with van der Waals surface area (Å²) in [5.41, 5.74) is 1.12. The number of hydrogen-bond acceptors (Lipinski definition) is 4. The van der Waals surface area contributed by atoms with Crippen LogP contribution >= 0.6 is 11.6 Å². The largest absolute Gasteiger partial charge is 0.344 e. The maximum Gasteiger partial charge on any atom is 0.272 e. The number of halogens is 1. The summed E-state index contributed by atoms with van der Waals surface area (Å²) in [5.74, 6) is 0.406. The zero-order chi connectivity index (χ0) is 15.4. The van der Waals surface area contributed by atoms with Crippen LogP contribution in [0, 0.1) is 0 Å². The van der Waals surface area contributed by atoms with Crippen LogP contribution in [0.1, 0.15) is 54.6 Å². The van der Waals surface area contributed by atoms with Crippen LogP contribution in [0.3, 0.4) is 0 Å². The van der Waals surface area contributed by atoms with Crippen LogP contribution in [0.2, 0.25) is 5.02 Å². The van der Waals surface area contributed by atoms with Crippen molar-refractivity contribution in [2.24, 2.45) is 0 Å². The summed E-state index contributed by atoms with van der Waals surface area (Å²) in [6, 6.07) is 3.55. The molecule has 110 valence electrons. The van der Waals surface area contributed by atoms with E-state index in [4.69, 9.17) is 11.6 Å². The van der Waals surface area contributed by atoms with E-state index < -0.39 is 0 Å². The molecule has 0 spiro atoms. The fourth-order valence-electron chi connectivity index (χ4n) is 1.80. The highest BCUT2D eigenvalue weighted by atomic mass is 35.5. The topological polar surface area (TPSA) is 67.8 Å². The number of carbonyl (C=O) groups is 1. The third-order valence-corrected chi connectivity index (χ3v) is 3.30. The average molecular weight is 305 g/mol. The molecular formula is C15H17ClN4O. The van der Waals surface area contributed by atoms with Crippen LogP contribution in [-0.2, 0) is 0 Å². The van der Waals surface area contributed by atoms with Gasteiger partial charge in [0.05, 0.1) is 17.3 Å². The highest BCUT2D eigenvalue weighted by molar-refractivity contribution is 6.33. The molecule has 2 rings (SSSR count). The van der Waals surface area contributed by atoms with E-state index in [1.807, 2.05) is 32.9 Å². The first-order valence-electron chi connectivity index (χ1n) is 6.72. The number of amides is 1. The van der Waals surface area contributed by atoms with Crippen molar-refractivity contribution in [1.82, 2.24) is 20.3 Å². The molecule has 2 heterocycles. The fourth-order valence-corrected chi connectivity index (χ4v) is 1.98. The summed E-state index contributed by atoms with van der Waals surface area (Å²) in [7, 11) is 0. The molecule has 0 saturated heterocycles. The Labute approximate surface area is 128 Å². The van der Waals surface area contributed by atoms with Crippen molar-refractivity contribution >= 4 is 17.5 Å². The van der Waals surface area contributed by atoms with Gasteiger partial charge in [-0.25, -0.2) is 9.97 Å². The molecule has 0 aromatic carbocycles. The van der Waals surface area contributed by atoms with E-state index >= 15 is 0 Å². The van der Waals surface area contributed by atoms with E-state index in [2.05, 4.69) is 20.3 Å². The molecule has 0 saturated carbocycles. The molecule has 1 N–H and O–H groups in total. The van der Waals surface area contributed by atoms with Crippen LogP contribution in [0.15, 0.2) is 30.7 Å². The first kappa shape index (κ1) is 15.4. The van der Waals surface area contributed by atoms with E-state index in [9.17, 15) is 4.79 Å². The van der Waals surface area contributed by atoms with Gasteiger partial charge < -0.3 is 5.32 Å². The van der Waals surface area contributed by atoms with Gasteiger partial charge in [0.15, 0.2) is 0 Å². The minimum Gasteiger partial charge on any atom is -0.344 e. The van der Waals surface area contributed by atoms with Crippen molar-refractivity contribution in [3.8, 4) is 0 Å². The molecular weight excluding hydrogens is 288 g/mol. The smallest absolute Gasteiger partial charge is 0.272 e. The Morgan fingerprint density at radius 1 is 1.29 bits per heavy atom. The molecule has 21 heavy (non-hydrogen) atoms. The second-order valence-electron chi connectivity index (χ2n) is 5.06. The summed E-state index contributed by atoms with van der Waals surface area (Å²) < 4.78 is 0. The molecule has 0 aliphatic carbocycles. The van der Waals surface area contributed by atoms with Gasteiger partial charge in [0.2, 0.25) is 0 Å². The van der Waals surface area contributed by atoms with Gasteiger partial charge in [-0.3, -0.25) is 9.78 Å². The molecule has 1 atom stereocenters. The Morgan fingerprint density at radius 3 is 2.67 bits per heavy atom. The van der Waals surface area contributed by atoms with Crippen molar-refractivity contribution in [2.75, 3.05) is 0 Å². The maximum absolute atomic E-state index is 12.3. The van der Waals surface area contributed by atoms with Crippen molar-refractivity contribution in [2.45, 2.75) is 32.7 Å². The standard InChI is InChI=1S/C15H17ClN4O/c1-9(2)14-18-8-12(16)13(20-14)15(21)19-10(3)11-5-4-6-17-7-11/h4-10H,1-3H3,(H,19,21). The molecule has 2 aromatic heterocycles. The SMILES string of the molecule is CC(C)c1ncc(Cl)c(C(=O)NC(C)c2cccnc2)n1.